The fraction of sp³-hybridized carbons (Fsp3) is 0.467. The van der Waals surface area contributed by atoms with Crippen molar-refractivity contribution in [3.05, 3.63) is 35.6 Å². The molecule has 1 aliphatic rings. The summed E-state index contributed by atoms with van der Waals surface area (Å²) in [6.07, 6.45) is 1.14. The molecule has 2 rings (SSSR count). The van der Waals surface area contributed by atoms with Crippen LogP contribution in [-0.2, 0) is 9.53 Å². The first kappa shape index (κ1) is 15.4. The maximum Gasteiger partial charge on any atom is 0.254 e. The number of nitrogens with one attached hydrogen (secondary N) is 2. The third-order valence-electron chi connectivity index (χ3n) is 3.37. The number of hydrogen-bond acceptors (Lipinski definition) is 3. The summed E-state index contributed by atoms with van der Waals surface area (Å²) in [5.74, 6) is -0.830. The topological polar surface area (TPSA) is 67.4 Å². The van der Waals surface area contributed by atoms with E-state index in [1.807, 2.05) is 0 Å². The Bertz CT molecular complexity index is 501. The minimum atomic E-state index is -0.569. The molecule has 6 heteroatoms. The molecule has 2 N–H and O–H groups in total. The predicted octanol–water partition coefficient (Wildman–Crippen LogP) is 1.10. The maximum absolute atomic E-state index is 13.4. The van der Waals surface area contributed by atoms with Crippen molar-refractivity contribution >= 4 is 11.8 Å². The fourth-order valence-electron chi connectivity index (χ4n) is 2.12. The van der Waals surface area contributed by atoms with Crippen molar-refractivity contribution in [2.75, 3.05) is 26.3 Å². The number of carbonyl (C=O) groups excluding carboxylic acids is 2. The van der Waals surface area contributed by atoms with Gasteiger partial charge in [-0.05, 0) is 18.6 Å². The van der Waals surface area contributed by atoms with Crippen LogP contribution < -0.4 is 10.6 Å². The average molecular weight is 294 g/mol. The molecule has 1 saturated heterocycles. The van der Waals surface area contributed by atoms with Crippen LogP contribution in [0.3, 0.4) is 0 Å². The molecule has 114 valence electrons. The van der Waals surface area contributed by atoms with Crippen LogP contribution in [0.4, 0.5) is 4.39 Å². The Morgan fingerprint density at radius 2 is 2.10 bits per heavy atom. The summed E-state index contributed by atoms with van der Waals surface area (Å²) in [7, 11) is 0. The Morgan fingerprint density at radius 1 is 1.29 bits per heavy atom. The van der Waals surface area contributed by atoms with Crippen LogP contribution >= 0.6 is 0 Å². The highest BCUT2D eigenvalue weighted by molar-refractivity contribution is 5.94. The van der Waals surface area contributed by atoms with E-state index < -0.39 is 11.7 Å². The average Bonchev–Trinajstić information content (AvgIpc) is 2.99. The zero-order valence-corrected chi connectivity index (χ0v) is 11.7. The third-order valence-corrected chi connectivity index (χ3v) is 3.37. The summed E-state index contributed by atoms with van der Waals surface area (Å²) in [6, 6.07) is 5.75. The number of ether oxygens (including phenoxy) is 1. The van der Waals surface area contributed by atoms with Gasteiger partial charge in [0.05, 0.1) is 12.2 Å². The first-order chi connectivity index (χ1) is 10.2. The Labute approximate surface area is 122 Å². The Morgan fingerprint density at radius 3 is 2.81 bits per heavy atom. The van der Waals surface area contributed by atoms with Crippen molar-refractivity contribution in [2.45, 2.75) is 12.8 Å². The van der Waals surface area contributed by atoms with Crippen LogP contribution in [0.15, 0.2) is 24.3 Å². The van der Waals surface area contributed by atoms with Gasteiger partial charge in [-0.25, -0.2) is 4.39 Å². The monoisotopic (exact) mass is 294 g/mol. The summed E-state index contributed by atoms with van der Waals surface area (Å²) in [5, 5.41) is 5.34. The second kappa shape index (κ2) is 7.73. The van der Waals surface area contributed by atoms with E-state index >= 15 is 0 Å². The number of benzene rings is 1. The van der Waals surface area contributed by atoms with Crippen LogP contribution in [0.1, 0.15) is 23.2 Å². The van der Waals surface area contributed by atoms with E-state index in [1.54, 1.807) is 6.07 Å². The molecule has 2 amide bonds. The maximum atomic E-state index is 13.4. The Balaban J connectivity index is 1.65. The Kier molecular flexibility index (Phi) is 5.68. The van der Waals surface area contributed by atoms with E-state index in [0.717, 1.165) is 13.0 Å². The minimum absolute atomic E-state index is 0.0130. The highest BCUT2D eigenvalue weighted by atomic mass is 19.1. The van der Waals surface area contributed by atoms with E-state index in [-0.39, 0.29) is 24.4 Å². The van der Waals surface area contributed by atoms with Crippen LogP contribution in [0.5, 0.6) is 0 Å². The van der Waals surface area contributed by atoms with E-state index in [4.69, 9.17) is 4.74 Å². The lowest BCUT2D eigenvalue weighted by Crippen LogP contribution is -2.33. The molecule has 0 saturated carbocycles. The molecular weight excluding hydrogens is 275 g/mol. The fourth-order valence-corrected chi connectivity index (χ4v) is 2.12. The number of carbonyl (C=O) groups is 2. The Hall–Kier alpha value is -1.95. The van der Waals surface area contributed by atoms with Gasteiger partial charge in [0.1, 0.15) is 5.82 Å². The lowest BCUT2D eigenvalue weighted by atomic mass is 10.1. The molecule has 0 bridgehead atoms. The van der Waals surface area contributed by atoms with Gasteiger partial charge >= 0.3 is 0 Å². The zero-order valence-electron chi connectivity index (χ0n) is 11.7. The summed E-state index contributed by atoms with van der Waals surface area (Å²) in [6.45, 7) is 2.21. The van der Waals surface area contributed by atoms with Crippen molar-refractivity contribution < 1.29 is 18.7 Å². The van der Waals surface area contributed by atoms with Crippen molar-refractivity contribution in [2.24, 2.45) is 5.92 Å². The van der Waals surface area contributed by atoms with Gasteiger partial charge in [-0.2, -0.15) is 0 Å². The molecule has 1 heterocycles. The first-order valence-electron chi connectivity index (χ1n) is 7.04. The van der Waals surface area contributed by atoms with Crippen LogP contribution in [0, 0.1) is 11.7 Å². The van der Waals surface area contributed by atoms with Gasteiger partial charge in [-0.1, -0.05) is 12.1 Å². The highest BCUT2D eigenvalue weighted by Crippen LogP contribution is 2.10. The molecular formula is C15H19FN2O3. The minimum Gasteiger partial charge on any atom is -0.381 e. The van der Waals surface area contributed by atoms with Gasteiger partial charge in [0.15, 0.2) is 0 Å². The lowest BCUT2D eigenvalue weighted by molar-refractivity contribution is -0.121. The van der Waals surface area contributed by atoms with Gasteiger partial charge in [-0.3, -0.25) is 9.59 Å². The van der Waals surface area contributed by atoms with Crippen LogP contribution in [0.25, 0.3) is 0 Å². The number of hydrogen-bond donors (Lipinski definition) is 2. The molecule has 1 atom stereocenters. The highest BCUT2D eigenvalue weighted by Gasteiger charge is 2.16. The standard InChI is InChI=1S/C15H19FN2O3/c16-13-4-2-1-3-12(13)15(20)17-7-5-14(19)18-9-11-6-8-21-10-11/h1-4,11H,5-10H2,(H,17,20)(H,18,19). The number of halogens is 1. The van der Waals surface area contributed by atoms with E-state index in [9.17, 15) is 14.0 Å². The SMILES string of the molecule is O=C(CCNC(=O)c1ccccc1F)NCC1CCOC1. The quantitative estimate of drug-likeness (QED) is 0.825. The van der Waals surface area contributed by atoms with Crippen molar-refractivity contribution in [1.29, 1.82) is 0 Å². The van der Waals surface area contributed by atoms with Crippen LogP contribution in [0.2, 0.25) is 0 Å². The lowest BCUT2D eigenvalue weighted by Gasteiger charge is -2.10. The van der Waals surface area contributed by atoms with Gasteiger partial charge in [-0.15, -0.1) is 0 Å². The van der Waals surface area contributed by atoms with Gasteiger partial charge < -0.3 is 15.4 Å². The molecule has 1 fully saturated rings. The molecule has 21 heavy (non-hydrogen) atoms. The number of rotatable bonds is 6. The molecule has 1 unspecified atom stereocenters. The van der Waals surface area contributed by atoms with E-state index in [1.165, 1.54) is 18.2 Å². The second-order valence-electron chi connectivity index (χ2n) is 5.02. The largest absolute Gasteiger partial charge is 0.381 e. The molecule has 0 aliphatic carbocycles. The molecule has 1 aromatic carbocycles. The predicted molar refractivity (Wildman–Crippen MR) is 75.3 cm³/mol. The summed E-state index contributed by atoms with van der Waals surface area (Å²) in [5.41, 5.74) is -0.0130. The molecule has 1 aromatic rings. The molecule has 0 aromatic heterocycles. The van der Waals surface area contributed by atoms with Gasteiger partial charge in [0.25, 0.3) is 5.91 Å². The molecule has 0 spiro atoms. The zero-order chi connectivity index (χ0) is 15.1. The van der Waals surface area contributed by atoms with E-state index in [2.05, 4.69) is 10.6 Å². The van der Waals surface area contributed by atoms with Crippen LogP contribution in [-0.4, -0.2) is 38.1 Å². The summed E-state index contributed by atoms with van der Waals surface area (Å²) >= 11 is 0. The molecule has 1 aliphatic heterocycles. The van der Waals surface area contributed by atoms with Gasteiger partial charge in [0.2, 0.25) is 5.91 Å². The second-order valence-corrected chi connectivity index (χ2v) is 5.02. The van der Waals surface area contributed by atoms with Gasteiger partial charge in [0, 0.05) is 32.0 Å². The van der Waals surface area contributed by atoms with Crippen molar-refractivity contribution in [3.63, 3.8) is 0 Å². The third kappa shape index (κ3) is 4.82. The van der Waals surface area contributed by atoms with Crippen molar-refractivity contribution in [1.82, 2.24) is 10.6 Å². The number of amides is 2. The smallest absolute Gasteiger partial charge is 0.254 e. The first-order valence-corrected chi connectivity index (χ1v) is 7.04. The van der Waals surface area contributed by atoms with E-state index in [0.29, 0.717) is 19.1 Å². The van der Waals surface area contributed by atoms with Crippen molar-refractivity contribution in [3.8, 4) is 0 Å². The summed E-state index contributed by atoms with van der Waals surface area (Å²) < 4.78 is 18.6. The summed E-state index contributed by atoms with van der Waals surface area (Å²) in [4.78, 5) is 23.3. The molecule has 0 radical (unpaired) electrons. The normalized spacial score (nSPS) is 17.5. The molecule has 5 nitrogen and oxygen atoms in total.